The highest BCUT2D eigenvalue weighted by Gasteiger charge is 2.36. The molecule has 1 saturated heterocycles. The van der Waals surface area contributed by atoms with E-state index in [9.17, 15) is 4.79 Å². The number of rotatable bonds is 4. The van der Waals surface area contributed by atoms with Gasteiger partial charge in [0.1, 0.15) is 18.1 Å². The van der Waals surface area contributed by atoms with Crippen molar-refractivity contribution in [3.63, 3.8) is 0 Å². The average molecular weight is 361 g/mol. The first-order valence-electron chi connectivity index (χ1n) is 9.43. The molecule has 1 amide bonds. The van der Waals surface area contributed by atoms with E-state index in [0.717, 1.165) is 48.6 Å². The first-order valence-corrected chi connectivity index (χ1v) is 9.43. The van der Waals surface area contributed by atoms with Crippen LogP contribution in [0.15, 0.2) is 48.5 Å². The number of hydrogen-bond acceptors (Lipinski definition) is 3. The van der Waals surface area contributed by atoms with Gasteiger partial charge in [-0.25, -0.2) is 0 Å². The minimum atomic E-state index is -0.305. The number of amides is 1. The quantitative estimate of drug-likeness (QED) is 0.614. The van der Waals surface area contributed by atoms with Crippen molar-refractivity contribution >= 4 is 5.91 Å². The van der Waals surface area contributed by atoms with Crippen LogP contribution < -0.4 is 4.74 Å². The molecule has 2 heterocycles. The molecule has 2 aromatic carbocycles. The highest BCUT2D eigenvalue weighted by Crippen LogP contribution is 2.44. The molecule has 4 heteroatoms. The fraction of sp³-hybridized carbons (Fsp3) is 0.348. The fourth-order valence-electron chi connectivity index (χ4n) is 3.96. The number of benzene rings is 2. The molecule has 2 aromatic rings. The van der Waals surface area contributed by atoms with Gasteiger partial charge in [0, 0.05) is 24.2 Å². The van der Waals surface area contributed by atoms with Gasteiger partial charge >= 0.3 is 0 Å². The summed E-state index contributed by atoms with van der Waals surface area (Å²) < 4.78 is 11.5. The van der Waals surface area contributed by atoms with Gasteiger partial charge in [0.2, 0.25) is 5.91 Å². The van der Waals surface area contributed by atoms with Crippen molar-refractivity contribution < 1.29 is 14.3 Å². The first kappa shape index (κ1) is 17.6. The smallest absolute Gasteiger partial charge is 0.234 e. The Balaban J connectivity index is 1.52. The normalized spacial score (nSPS) is 16.8. The lowest BCUT2D eigenvalue weighted by Gasteiger charge is -2.36. The standard InChI is InChI=1S/C23H23NO3/c1-2-15-26-16-17-11-13-24(14-12-17)23(25)22-18-7-3-5-9-20(18)27-21-10-6-4-8-19(21)22/h1,3-10,17,22H,11-16H2. The maximum atomic E-state index is 13.5. The highest BCUT2D eigenvalue weighted by molar-refractivity contribution is 5.89. The number of para-hydroxylation sites is 2. The summed E-state index contributed by atoms with van der Waals surface area (Å²) in [4.78, 5) is 15.4. The Morgan fingerprint density at radius 3 is 2.26 bits per heavy atom. The number of terminal acetylenes is 1. The maximum Gasteiger partial charge on any atom is 0.234 e. The third kappa shape index (κ3) is 3.56. The molecule has 0 N–H and O–H groups in total. The summed E-state index contributed by atoms with van der Waals surface area (Å²) in [5, 5.41) is 0. The lowest BCUT2D eigenvalue weighted by atomic mass is 9.86. The van der Waals surface area contributed by atoms with E-state index in [4.69, 9.17) is 15.9 Å². The minimum absolute atomic E-state index is 0.154. The van der Waals surface area contributed by atoms with E-state index in [2.05, 4.69) is 5.92 Å². The van der Waals surface area contributed by atoms with E-state index < -0.39 is 0 Å². The summed E-state index contributed by atoms with van der Waals surface area (Å²) in [6, 6.07) is 15.7. The van der Waals surface area contributed by atoms with E-state index in [-0.39, 0.29) is 11.8 Å². The van der Waals surface area contributed by atoms with Gasteiger partial charge in [0.05, 0.1) is 12.5 Å². The first-order chi connectivity index (χ1) is 13.3. The lowest BCUT2D eigenvalue weighted by Crippen LogP contribution is -2.42. The number of hydrogen-bond donors (Lipinski definition) is 0. The van der Waals surface area contributed by atoms with Gasteiger partial charge in [0.25, 0.3) is 0 Å². The van der Waals surface area contributed by atoms with Gasteiger partial charge < -0.3 is 14.4 Å². The molecule has 4 nitrogen and oxygen atoms in total. The van der Waals surface area contributed by atoms with Gasteiger partial charge in [-0.05, 0) is 30.9 Å². The number of nitrogens with zero attached hydrogens (tertiary/aromatic N) is 1. The number of carbonyl (C=O) groups excluding carboxylic acids is 1. The Labute approximate surface area is 160 Å². The molecule has 4 rings (SSSR count). The largest absolute Gasteiger partial charge is 0.457 e. The molecule has 138 valence electrons. The summed E-state index contributed by atoms with van der Waals surface area (Å²) in [6.45, 7) is 2.54. The molecule has 0 radical (unpaired) electrons. The van der Waals surface area contributed by atoms with Crippen molar-refractivity contribution in [1.29, 1.82) is 0 Å². The summed E-state index contributed by atoms with van der Waals surface area (Å²) in [6.07, 6.45) is 7.12. The van der Waals surface area contributed by atoms with Crippen molar-refractivity contribution in [3.05, 3.63) is 59.7 Å². The van der Waals surface area contributed by atoms with Gasteiger partial charge in [-0.3, -0.25) is 4.79 Å². The van der Waals surface area contributed by atoms with Crippen LogP contribution in [-0.4, -0.2) is 37.1 Å². The maximum absolute atomic E-state index is 13.5. The van der Waals surface area contributed by atoms with E-state index in [1.54, 1.807) is 0 Å². The van der Waals surface area contributed by atoms with Crippen LogP contribution in [0, 0.1) is 18.3 Å². The molecule has 0 bridgehead atoms. The molecule has 0 saturated carbocycles. The predicted octanol–water partition coefficient (Wildman–Crippen LogP) is 3.81. The van der Waals surface area contributed by atoms with Crippen LogP contribution in [-0.2, 0) is 9.53 Å². The summed E-state index contributed by atoms with van der Waals surface area (Å²) >= 11 is 0. The summed E-state index contributed by atoms with van der Waals surface area (Å²) in [5.41, 5.74) is 1.89. The molecule has 0 aliphatic carbocycles. The van der Waals surface area contributed by atoms with Crippen molar-refractivity contribution in [2.75, 3.05) is 26.3 Å². The Hall–Kier alpha value is -2.77. The van der Waals surface area contributed by atoms with E-state index in [0.29, 0.717) is 19.1 Å². The molecule has 27 heavy (non-hydrogen) atoms. The molecule has 0 spiro atoms. The van der Waals surface area contributed by atoms with Crippen molar-refractivity contribution in [2.24, 2.45) is 5.92 Å². The van der Waals surface area contributed by atoms with Crippen LogP contribution in [0.2, 0.25) is 0 Å². The molecule has 2 aliphatic heterocycles. The topological polar surface area (TPSA) is 38.8 Å². The van der Waals surface area contributed by atoms with Gasteiger partial charge in [-0.1, -0.05) is 42.3 Å². The van der Waals surface area contributed by atoms with Gasteiger partial charge in [-0.2, -0.15) is 0 Å². The average Bonchev–Trinajstić information content (AvgIpc) is 2.72. The molecule has 2 aliphatic rings. The molecular weight excluding hydrogens is 338 g/mol. The molecule has 0 unspecified atom stereocenters. The minimum Gasteiger partial charge on any atom is -0.457 e. The third-order valence-corrected chi connectivity index (χ3v) is 5.39. The van der Waals surface area contributed by atoms with Crippen LogP contribution in [0.4, 0.5) is 0 Å². The number of carbonyl (C=O) groups is 1. The second-order valence-electron chi connectivity index (χ2n) is 7.10. The van der Waals surface area contributed by atoms with Crippen LogP contribution in [0.1, 0.15) is 29.9 Å². The molecule has 0 aromatic heterocycles. The summed E-state index contributed by atoms with van der Waals surface area (Å²) in [5.74, 6) is 4.36. The predicted molar refractivity (Wildman–Crippen MR) is 104 cm³/mol. The van der Waals surface area contributed by atoms with Crippen molar-refractivity contribution in [3.8, 4) is 23.8 Å². The van der Waals surface area contributed by atoms with Gasteiger partial charge in [-0.15, -0.1) is 6.42 Å². The second-order valence-corrected chi connectivity index (χ2v) is 7.10. The molecule has 0 atom stereocenters. The molecule has 1 fully saturated rings. The van der Waals surface area contributed by atoms with Gasteiger partial charge in [0.15, 0.2) is 0 Å². The zero-order valence-corrected chi connectivity index (χ0v) is 15.3. The van der Waals surface area contributed by atoms with E-state index in [1.807, 2.05) is 53.4 Å². The molecular formula is C23H23NO3. The van der Waals surface area contributed by atoms with Crippen LogP contribution in [0.5, 0.6) is 11.5 Å². The van der Waals surface area contributed by atoms with Crippen molar-refractivity contribution in [2.45, 2.75) is 18.8 Å². The Morgan fingerprint density at radius 1 is 1.07 bits per heavy atom. The van der Waals surface area contributed by atoms with E-state index >= 15 is 0 Å². The third-order valence-electron chi connectivity index (χ3n) is 5.39. The highest BCUT2D eigenvalue weighted by atomic mass is 16.5. The number of piperidine rings is 1. The zero-order chi connectivity index (χ0) is 18.6. The Morgan fingerprint density at radius 2 is 1.67 bits per heavy atom. The summed E-state index contributed by atoms with van der Waals surface area (Å²) in [7, 11) is 0. The monoisotopic (exact) mass is 361 g/mol. The lowest BCUT2D eigenvalue weighted by molar-refractivity contribution is -0.133. The second kappa shape index (κ2) is 7.85. The van der Waals surface area contributed by atoms with E-state index in [1.165, 1.54) is 0 Å². The Kier molecular flexibility index (Phi) is 5.13. The van der Waals surface area contributed by atoms with Crippen molar-refractivity contribution in [1.82, 2.24) is 4.90 Å². The number of ether oxygens (including phenoxy) is 2. The SMILES string of the molecule is C#CCOCC1CCN(C(=O)C2c3ccccc3Oc3ccccc32)CC1. The number of likely N-dealkylation sites (tertiary alicyclic amines) is 1. The fourth-order valence-corrected chi connectivity index (χ4v) is 3.96. The van der Waals surface area contributed by atoms with Crippen LogP contribution >= 0.6 is 0 Å². The van der Waals surface area contributed by atoms with Crippen LogP contribution in [0.25, 0.3) is 0 Å². The van der Waals surface area contributed by atoms with Crippen LogP contribution in [0.3, 0.4) is 0 Å². The zero-order valence-electron chi connectivity index (χ0n) is 15.3. The number of fused-ring (bicyclic) bond motifs is 2. The Bertz CT molecular complexity index is 816.